The quantitative estimate of drug-likeness (QED) is 0.723. The van der Waals surface area contributed by atoms with Crippen LogP contribution in [0.5, 0.6) is 0 Å². The lowest BCUT2D eigenvalue weighted by Crippen LogP contribution is -2.26. The van der Waals surface area contributed by atoms with Crippen LogP contribution in [0.3, 0.4) is 0 Å². The summed E-state index contributed by atoms with van der Waals surface area (Å²) in [5.74, 6) is 0.912. The molecule has 0 radical (unpaired) electrons. The first-order chi connectivity index (χ1) is 13.6. The van der Waals surface area contributed by atoms with E-state index >= 15 is 0 Å². The van der Waals surface area contributed by atoms with Crippen molar-refractivity contribution in [2.45, 2.75) is 53.1 Å². The molecule has 0 unspecified atom stereocenters. The number of sulfone groups is 1. The van der Waals surface area contributed by atoms with Crippen molar-refractivity contribution in [3.63, 3.8) is 0 Å². The maximum absolute atomic E-state index is 12.9. The topological polar surface area (TPSA) is 72.3 Å². The summed E-state index contributed by atoms with van der Waals surface area (Å²) >= 11 is 0. The van der Waals surface area contributed by atoms with Gasteiger partial charge in [0, 0.05) is 30.4 Å². The summed E-state index contributed by atoms with van der Waals surface area (Å²) in [5, 5.41) is 4.60. The van der Waals surface area contributed by atoms with E-state index in [4.69, 9.17) is 0 Å². The molecule has 1 aliphatic rings. The van der Waals surface area contributed by atoms with E-state index in [9.17, 15) is 13.2 Å². The van der Waals surface area contributed by atoms with Gasteiger partial charge in [0.25, 0.3) is 5.91 Å². The van der Waals surface area contributed by atoms with E-state index in [1.54, 1.807) is 11.9 Å². The smallest absolute Gasteiger partial charge is 0.253 e. The molecule has 0 saturated carbocycles. The minimum Gasteiger partial charge on any atom is -0.337 e. The zero-order valence-corrected chi connectivity index (χ0v) is 18.8. The molecule has 0 N–H and O–H groups in total. The number of amides is 1. The van der Waals surface area contributed by atoms with Crippen molar-refractivity contribution in [1.29, 1.82) is 0 Å². The standard InChI is InChI=1S/C22H31N3O3S/c1-15(2)12-18-6-8-19(9-7-18)22(26)24(5)13-21-16(3)23-25(17(21)4)20-10-11-29(27,28)14-20/h6-9,15,20H,10-14H2,1-5H3/t20-/m1/s1. The van der Waals surface area contributed by atoms with Crippen LogP contribution >= 0.6 is 0 Å². The largest absolute Gasteiger partial charge is 0.337 e. The number of hydrogen-bond acceptors (Lipinski definition) is 4. The van der Waals surface area contributed by atoms with Gasteiger partial charge in [0.15, 0.2) is 9.84 Å². The van der Waals surface area contributed by atoms with Crippen molar-refractivity contribution in [3.8, 4) is 0 Å². The molecule has 3 rings (SSSR count). The highest BCUT2D eigenvalue weighted by molar-refractivity contribution is 7.91. The Balaban J connectivity index is 1.73. The maximum Gasteiger partial charge on any atom is 0.253 e. The third-order valence-electron chi connectivity index (χ3n) is 5.62. The van der Waals surface area contributed by atoms with E-state index in [1.807, 2.05) is 42.8 Å². The Morgan fingerprint density at radius 3 is 2.45 bits per heavy atom. The van der Waals surface area contributed by atoms with Gasteiger partial charge in [-0.25, -0.2) is 8.42 Å². The first-order valence-corrected chi connectivity index (χ1v) is 12.0. The lowest BCUT2D eigenvalue weighted by Gasteiger charge is -2.18. The summed E-state index contributed by atoms with van der Waals surface area (Å²) < 4.78 is 25.5. The van der Waals surface area contributed by atoms with Crippen molar-refractivity contribution in [3.05, 3.63) is 52.3 Å². The van der Waals surface area contributed by atoms with Gasteiger partial charge in [-0.2, -0.15) is 5.10 Å². The van der Waals surface area contributed by atoms with Crippen molar-refractivity contribution in [1.82, 2.24) is 14.7 Å². The summed E-state index contributed by atoms with van der Waals surface area (Å²) in [7, 11) is -1.18. The van der Waals surface area contributed by atoms with Crippen LogP contribution in [0.1, 0.15) is 59.2 Å². The predicted molar refractivity (Wildman–Crippen MR) is 115 cm³/mol. The Labute approximate surface area is 173 Å². The second-order valence-corrected chi connectivity index (χ2v) is 10.8. The third kappa shape index (κ3) is 4.89. The molecule has 2 aromatic rings. The van der Waals surface area contributed by atoms with Crippen molar-refractivity contribution in [2.75, 3.05) is 18.6 Å². The molecule has 1 saturated heterocycles. The molecule has 0 aliphatic carbocycles. The van der Waals surface area contributed by atoms with Crippen LogP contribution < -0.4 is 0 Å². The zero-order chi connectivity index (χ0) is 21.3. The second kappa shape index (κ2) is 8.30. The predicted octanol–water partition coefficient (Wildman–Crippen LogP) is 3.33. The molecule has 2 heterocycles. The molecule has 0 spiro atoms. The van der Waals surface area contributed by atoms with Gasteiger partial charge in [-0.05, 0) is 50.3 Å². The van der Waals surface area contributed by atoms with Crippen LogP contribution in [0.15, 0.2) is 24.3 Å². The number of benzene rings is 1. The molecule has 1 amide bonds. The number of aromatic nitrogens is 2. The Kier molecular flexibility index (Phi) is 6.17. The summed E-state index contributed by atoms with van der Waals surface area (Å²) in [6.45, 7) is 8.68. The molecule has 1 aromatic carbocycles. The number of aryl methyl sites for hydroxylation is 1. The van der Waals surface area contributed by atoms with E-state index < -0.39 is 9.84 Å². The van der Waals surface area contributed by atoms with Crippen LogP contribution in [-0.2, 0) is 22.8 Å². The fraction of sp³-hybridized carbons (Fsp3) is 0.545. The lowest BCUT2D eigenvalue weighted by molar-refractivity contribution is 0.0784. The molecular weight excluding hydrogens is 386 g/mol. The maximum atomic E-state index is 12.9. The van der Waals surface area contributed by atoms with Crippen LogP contribution in [-0.4, -0.2) is 47.6 Å². The van der Waals surface area contributed by atoms with Crippen LogP contribution in [0, 0.1) is 19.8 Å². The fourth-order valence-electron chi connectivity index (χ4n) is 4.03. The van der Waals surface area contributed by atoms with Gasteiger partial charge in [-0.15, -0.1) is 0 Å². The van der Waals surface area contributed by atoms with Crippen LogP contribution in [0.4, 0.5) is 0 Å². The Morgan fingerprint density at radius 2 is 1.90 bits per heavy atom. The molecule has 7 heteroatoms. The molecule has 1 aromatic heterocycles. The van der Waals surface area contributed by atoms with E-state index in [0.717, 1.165) is 23.4 Å². The molecule has 0 bridgehead atoms. The SMILES string of the molecule is Cc1nn([C@@H]2CCS(=O)(=O)C2)c(C)c1CN(C)C(=O)c1ccc(CC(C)C)cc1. The van der Waals surface area contributed by atoms with Gasteiger partial charge in [0.05, 0.1) is 23.2 Å². The normalized spacial score (nSPS) is 18.3. The monoisotopic (exact) mass is 417 g/mol. The number of carbonyl (C=O) groups excluding carboxylic acids is 1. The molecule has 29 heavy (non-hydrogen) atoms. The van der Waals surface area contributed by atoms with Crippen molar-refractivity contribution >= 4 is 15.7 Å². The number of nitrogens with zero attached hydrogens (tertiary/aromatic N) is 3. The van der Waals surface area contributed by atoms with Crippen molar-refractivity contribution in [2.24, 2.45) is 5.92 Å². The van der Waals surface area contributed by atoms with Gasteiger partial charge in [-0.3, -0.25) is 9.48 Å². The zero-order valence-electron chi connectivity index (χ0n) is 18.0. The van der Waals surface area contributed by atoms with E-state index in [-0.39, 0.29) is 23.5 Å². The fourth-order valence-corrected chi connectivity index (χ4v) is 5.73. The van der Waals surface area contributed by atoms with Gasteiger partial charge in [0.2, 0.25) is 0 Å². The third-order valence-corrected chi connectivity index (χ3v) is 7.37. The lowest BCUT2D eigenvalue weighted by atomic mass is 10.0. The summed E-state index contributed by atoms with van der Waals surface area (Å²) in [6.07, 6.45) is 1.60. The minimum atomic E-state index is -2.97. The van der Waals surface area contributed by atoms with Gasteiger partial charge in [-0.1, -0.05) is 26.0 Å². The first kappa shape index (κ1) is 21.6. The van der Waals surface area contributed by atoms with Gasteiger partial charge < -0.3 is 4.90 Å². The van der Waals surface area contributed by atoms with Gasteiger partial charge >= 0.3 is 0 Å². The average Bonchev–Trinajstić information content (AvgIpc) is 3.14. The highest BCUT2D eigenvalue weighted by Gasteiger charge is 2.31. The van der Waals surface area contributed by atoms with E-state index in [1.165, 1.54) is 5.56 Å². The average molecular weight is 418 g/mol. The first-order valence-electron chi connectivity index (χ1n) is 10.2. The molecule has 6 nitrogen and oxygen atoms in total. The Morgan fingerprint density at radius 1 is 1.24 bits per heavy atom. The molecule has 1 fully saturated rings. The molecule has 1 atom stereocenters. The van der Waals surface area contributed by atoms with Crippen LogP contribution in [0.25, 0.3) is 0 Å². The van der Waals surface area contributed by atoms with E-state index in [0.29, 0.717) is 24.4 Å². The highest BCUT2D eigenvalue weighted by Crippen LogP contribution is 2.27. The van der Waals surface area contributed by atoms with Crippen molar-refractivity contribution < 1.29 is 13.2 Å². The van der Waals surface area contributed by atoms with Crippen LogP contribution in [0.2, 0.25) is 0 Å². The molecular formula is C22H31N3O3S. The van der Waals surface area contributed by atoms with Gasteiger partial charge in [0.1, 0.15) is 0 Å². The Hall–Kier alpha value is -2.15. The number of rotatable bonds is 6. The molecule has 158 valence electrons. The minimum absolute atomic E-state index is 0.0314. The Bertz CT molecular complexity index is 991. The molecule has 1 aliphatic heterocycles. The second-order valence-electron chi connectivity index (χ2n) is 8.61. The number of hydrogen-bond donors (Lipinski definition) is 0. The summed E-state index contributed by atoms with van der Waals surface area (Å²) in [5.41, 5.74) is 4.68. The highest BCUT2D eigenvalue weighted by atomic mass is 32.2. The van der Waals surface area contributed by atoms with E-state index in [2.05, 4.69) is 18.9 Å². The summed E-state index contributed by atoms with van der Waals surface area (Å²) in [4.78, 5) is 14.6. The number of carbonyl (C=O) groups is 1. The summed E-state index contributed by atoms with van der Waals surface area (Å²) in [6, 6.07) is 7.72.